The summed E-state index contributed by atoms with van der Waals surface area (Å²) in [6, 6.07) is 5.92. The summed E-state index contributed by atoms with van der Waals surface area (Å²) < 4.78 is 9.97. The van der Waals surface area contributed by atoms with E-state index in [2.05, 4.69) is 9.68 Å². The number of hydrogen-bond acceptors (Lipinski definition) is 5. The molecule has 2 aromatic heterocycles. The van der Waals surface area contributed by atoms with E-state index in [-0.39, 0.29) is 11.2 Å². The van der Waals surface area contributed by atoms with Gasteiger partial charge in [-0.05, 0) is 12.1 Å². The number of rotatable bonds is 1. The quantitative estimate of drug-likeness (QED) is 0.691. The molecule has 1 N–H and O–H groups in total. The summed E-state index contributed by atoms with van der Waals surface area (Å²) in [5.41, 5.74) is 0.882. The van der Waals surface area contributed by atoms with Crippen molar-refractivity contribution < 1.29 is 14.0 Å². The number of phenolic OH excluding ortho intramolecular Hbond substituents is 1. The summed E-state index contributed by atoms with van der Waals surface area (Å²) in [6.07, 6.45) is 2.69. The Hall–Kier alpha value is -2.56. The fourth-order valence-corrected chi connectivity index (χ4v) is 1.65. The average Bonchev–Trinajstić information content (AvgIpc) is 2.82. The van der Waals surface area contributed by atoms with Gasteiger partial charge in [-0.15, -0.1) is 0 Å². The van der Waals surface area contributed by atoms with Crippen LogP contribution in [0.15, 0.2) is 50.5 Å². The van der Waals surface area contributed by atoms with Crippen molar-refractivity contribution in [1.29, 1.82) is 0 Å². The lowest BCUT2D eigenvalue weighted by Gasteiger charge is -1.99. The van der Waals surface area contributed by atoms with Gasteiger partial charge in [-0.3, -0.25) is 4.79 Å². The molecule has 84 valence electrons. The second-order valence-corrected chi connectivity index (χ2v) is 3.54. The number of aromatic hydroxyl groups is 1. The summed E-state index contributed by atoms with van der Waals surface area (Å²) in [5.74, 6) is 0.0508. The normalized spacial score (nSPS) is 10.8. The van der Waals surface area contributed by atoms with Gasteiger partial charge < -0.3 is 14.0 Å². The van der Waals surface area contributed by atoms with Crippen LogP contribution >= 0.6 is 0 Å². The Bertz CT molecular complexity index is 728. The molecule has 2 heterocycles. The lowest BCUT2D eigenvalue weighted by molar-refractivity contribution is 0.422. The molecular weight excluding hydrogens is 222 g/mol. The Morgan fingerprint density at radius 2 is 2.12 bits per heavy atom. The van der Waals surface area contributed by atoms with Gasteiger partial charge in [-0.2, -0.15) is 0 Å². The molecule has 0 aliphatic heterocycles. The van der Waals surface area contributed by atoms with Crippen molar-refractivity contribution in [2.75, 3.05) is 0 Å². The molecular formula is C12H7NO4. The highest BCUT2D eigenvalue weighted by Gasteiger charge is 2.11. The number of nitrogens with zero attached hydrogens (tertiary/aromatic N) is 1. The number of fused-ring (bicyclic) bond motifs is 1. The fraction of sp³-hybridized carbons (Fsp3) is 0. The van der Waals surface area contributed by atoms with Crippen molar-refractivity contribution >= 4 is 11.0 Å². The maximum atomic E-state index is 12.1. The second kappa shape index (κ2) is 3.48. The number of aromatic nitrogens is 1. The molecule has 5 nitrogen and oxygen atoms in total. The molecule has 5 heteroatoms. The monoisotopic (exact) mass is 229 g/mol. The van der Waals surface area contributed by atoms with Gasteiger partial charge in [-0.1, -0.05) is 5.16 Å². The van der Waals surface area contributed by atoms with Crippen LogP contribution < -0.4 is 5.43 Å². The van der Waals surface area contributed by atoms with Gasteiger partial charge in [-0.25, -0.2) is 0 Å². The fourth-order valence-electron chi connectivity index (χ4n) is 1.65. The Labute approximate surface area is 94.9 Å². The minimum Gasteiger partial charge on any atom is -0.508 e. The molecule has 0 unspecified atom stereocenters. The van der Waals surface area contributed by atoms with Crippen molar-refractivity contribution in [3.8, 4) is 17.0 Å². The first-order valence-corrected chi connectivity index (χ1v) is 4.91. The molecule has 0 saturated heterocycles. The summed E-state index contributed by atoms with van der Waals surface area (Å²) in [7, 11) is 0. The first-order valence-electron chi connectivity index (χ1n) is 4.91. The van der Waals surface area contributed by atoms with Crippen molar-refractivity contribution in [1.82, 2.24) is 5.16 Å². The molecule has 17 heavy (non-hydrogen) atoms. The van der Waals surface area contributed by atoms with Crippen LogP contribution in [-0.4, -0.2) is 10.3 Å². The molecule has 0 amide bonds. The number of benzene rings is 1. The Balaban J connectivity index is 2.34. The van der Waals surface area contributed by atoms with Gasteiger partial charge in [0.1, 0.15) is 29.6 Å². The molecule has 0 aliphatic rings. The molecule has 0 fully saturated rings. The first kappa shape index (κ1) is 9.65. The van der Waals surface area contributed by atoms with Crippen LogP contribution in [0.4, 0.5) is 0 Å². The van der Waals surface area contributed by atoms with Crippen molar-refractivity contribution in [2.24, 2.45) is 0 Å². The van der Waals surface area contributed by atoms with Crippen LogP contribution in [0.1, 0.15) is 0 Å². The largest absolute Gasteiger partial charge is 0.508 e. The average molecular weight is 229 g/mol. The van der Waals surface area contributed by atoms with Crippen molar-refractivity contribution in [3.63, 3.8) is 0 Å². The van der Waals surface area contributed by atoms with E-state index < -0.39 is 0 Å². The van der Waals surface area contributed by atoms with Gasteiger partial charge in [0.05, 0.1) is 10.9 Å². The van der Waals surface area contributed by atoms with Crippen LogP contribution in [0, 0.1) is 0 Å². The Morgan fingerprint density at radius 3 is 2.88 bits per heavy atom. The van der Waals surface area contributed by atoms with E-state index >= 15 is 0 Å². The van der Waals surface area contributed by atoms with Gasteiger partial charge in [0, 0.05) is 12.1 Å². The minimum atomic E-state index is -0.208. The third-order valence-corrected chi connectivity index (χ3v) is 2.47. The summed E-state index contributed by atoms with van der Waals surface area (Å²) in [5, 5.41) is 13.4. The lowest BCUT2D eigenvalue weighted by atomic mass is 10.1. The zero-order valence-corrected chi connectivity index (χ0v) is 8.58. The van der Waals surface area contributed by atoms with Gasteiger partial charge in [0.15, 0.2) is 0 Å². The predicted octanol–water partition coefficient (Wildman–Crippen LogP) is 2.15. The molecule has 0 aliphatic carbocycles. The van der Waals surface area contributed by atoms with Crippen molar-refractivity contribution in [2.45, 2.75) is 0 Å². The summed E-state index contributed by atoms with van der Waals surface area (Å²) in [4.78, 5) is 12.1. The highest BCUT2D eigenvalue weighted by Crippen LogP contribution is 2.21. The predicted molar refractivity (Wildman–Crippen MR) is 59.6 cm³/mol. The van der Waals surface area contributed by atoms with Crippen LogP contribution in [0.5, 0.6) is 5.75 Å². The zero-order valence-electron chi connectivity index (χ0n) is 8.58. The maximum absolute atomic E-state index is 12.1. The third kappa shape index (κ3) is 1.48. The van der Waals surface area contributed by atoms with E-state index in [1.54, 1.807) is 6.07 Å². The molecule has 0 atom stereocenters. The molecule has 3 aromatic rings. The van der Waals surface area contributed by atoms with Crippen molar-refractivity contribution in [3.05, 3.63) is 47.0 Å². The van der Waals surface area contributed by atoms with Crippen LogP contribution in [-0.2, 0) is 0 Å². The molecule has 0 radical (unpaired) electrons. The molecule has 0 bridgehead atoms. The SMILES string of the molecule is O=c1c(-c2ccon2)coc2cc(O)ccc12. The molecule has 3 rings (SSSR count). The van der Waals surface area contributed by atoms with Crippen LogP contribution in [0.25, 0.3) is 22.2 Å². The van der Waals surface area contributed by atoms with E-state index in [1.165, 1.54) is 30.7 Å². The van der Waals surface area contributed by atoms with E-state index in [4.69, 9.17) is 4.42 Å². The maximum Gasteiger partial charge on any atom is 0.202 e. The van der Waals surface area contributed by atoms with E-state index in [1.807, 2.05) is 0 Å². The second-order valence-electron chi connectivity index (χ2n) is 3.54. The smallest absolute Gasteiger partial charge is 0.202 e. The minimum absolute atomic E-state index is 0.0508. The van der Waals surface area contributed by atoms with Gasteiger partial charge >= 0.3 is 0 Å². The Kier molecular flexibility index (Phi) is 1.98. The standard InChI is InChI=1S/C12H7NO4/c14-7-1-2-8-11(5-7)16-6-9(12(8)15)10-3-4-17-13-10/h1-6,14H. The highest BCUT2D eigenvalue weighted by atomic mass is 16.5. The van der Waals surface area contributed by atoms with E-state index in [0.717, 1.165) is 0 Å². The van der Waals surface area contributed by atoms with E-state index in [0.29, 0.717) is 22.2 Å². The summed E-state index contributed by atoms with van der Waals surface area (Å²) in [6.45, 7) is 0. The zero-order chi connectivity index (χ0) is 11.8. The first-order chi connectivity index (χ1) is 8.25. The molecule has 0 spiro atoms. The molecule has 0 saturated carbocycles. The third-order valence-electron chi connectivity index (χ3n) is 2.47. The van der Waals surface area contributed by atoms with Crippen LogP contribution in [0.2, 0.25) is 0 Å². The summed E-state index contributed by atoms with van der Waals surface area (Å²) >= 11 is 0. The van der Waals surface area contributed by atoms with Gasteiger partial charge in [0.2, 0.25) is 5.43 Å². The molecule has 1 aromatic carbocycles. The van der Waals surface area contributed by atoms with Gasteiger partial charge in [0.25, 0.3) is 0 Å². The number of phenols is 1. The lowest BCUT2D eigenvalue weighted by Crippen LogP contribution is -2.04. The number of hydrogen-bond donors (Lipinski definition) is 1. The highest BCUT2D eigenvalue weighted by molar-refractivity contribution is 5.81. The van der Waals surface area contributed by atoms with Crippen LogP contribution in [0.3, 0.4) is 0 Å². The van der Waals surface area contributed by atoms with E-state index in [9.17, 15) is 9.90 Å². The Morgan fingerprint density at radius 1 is 1.24 bits per heavy atom. The topological polar surface area (TPSA) is 76.5 Å².